The lowest BCUT2D eigenvalue weighted by Gasteiger charge is -2.17. The van der Waals surface area contributed by atoms with Crippen LogP contribution in [0.25, 0.3) is 0 Å². The van der Waals surface area contributed by atoms with Crippen LogP contribution in [-0.2, 0) is 16.0 Å². The number of amides is 2. The minimum atomic E-state index is -0.921. The summed E-state index contributed by atoms with van der Waals surface area (Å²) in [5.41, 5.74) is 2.39. The Hall–Kier alpha value is -2.50. The molecule has 0 saturated heterocycles. The summed E-state index contributed by atoms with van der Waals surface area (Å²) in [5, 5.41) is 5.05. The van der Waals surface area contributed by atoms with Crippen molar-refractivity contribution in [2.75, 3.05) is 7.05 Å². The van der Waals surface area contributed by atoms with E-state index in [1.165, 1.54) is 18.7 Å². The first-order valence-electron chi connectivity index (χ1n) is 8.49. The van der Waals surface area contributed by atoms with Crippen LogP contribution in [0.15, 0.2) is 41.5 Å². The van der Waals surface area contributed by atoms with Crippen molar-refractivity contribution in [1.29, 1.82) is 0 Å². The number of carbonyl (C=O) groups is 2. The van der Waals surface area contributed by atoms with Crippen molar-refractivity contribution in [2.45, 2.75) is 46.1 Å². The molecular formula is C20H26F2N2O2. The Morgan fingerprint density at radius 2 is 1.73 bits per heavy atom. The number of benzene rings is 1. The molecule has 0 radical (unpaired) electrons. The lowest BCUT2D eigenvalue weighted by molar-refractivity contribution is -0.126. The van der Waals surface area contributed by atoms with Crippen LogP contribution in [0.1, 0.15) is 39.2 Å². The number of rotatable bonds is 8. The third-order valence-electron chi connectivity index (χ3n) is 3.71. The Labute approximate surface area is 153 Å². The van der Waals surface area contributed by atoms with Gasteiger partial charge in [-0.05, 0) is 51.3 Å². The van der Waals surface area contributed by atoms with Crippen molar-refractivity contribution in [3.8, 4) is 0 Å². The molecule has 1 aromatic rings. The number of likely N-dealkylation sites (N-methyl/N-ethyl adjacent to an activating group) is 1. The highest BCUT2D eigenvalue weighted by Gasteiger charge is 2.20. The predicted molar refractivity (Wildman–Crippen MR) is 98.5 cm³/mol. The molecule has 0 spiro atoms. The maximum absolute atomic E-state index is 13.3. The summed E-state index contributed by atoms with van der Waals surface area (Å²) < 4.78 is 26.7. The summed E-state index contributed by atoms with van der Waals surface area (Å²) in [6, 6.07) is 2.13. The van der Waals surface area contributed by atoms with Gasteiger partial charge in [-0.1, -0.05) is 17.2 Å². The summed E-state index contributed by atoms with van der Waals surface area (Å²) in [4.78, 5) is 24.2. The molecule has 0 bridgehead atoms. The van der Waals surface area contributed by atoms with Gasteiger partial charge in [-0.3, -0.25) is 9.59 Å². The zero-order chi connectivity index (χ0) is 19.7. The first kappa shape index (κ1) is 21.5. The fourth-order valence-corrected chi connectivity index (χ4v) is 2.45. The second-order valence-electron chi connectivity index (χ2n) is 6.47. The number of hydrogen-bond acceptors (Lipinski definition) is 2. The molecule has 0 fully saturated rings. The second-order valence-corrected chi connectivity index (χ2v) is 6.47. The molecule has 26 heavy (non-hydrogen) atoms. The van der Waals surface area contributed by atoms with Gasteiger partial charge in [-0.25, -0.2) is 8.78 Å². The average molecular weight is 364 g/mol. The lowest BCUT2D eigenvalue weighted by atomic mass is 10.0. The predicted octanol–water partition coefficient (Wildman–Crippen LogP) is 3.43. The quantitative estimate of drug-likeness (QED) is 0.548. The fraction of sp³-hybridized carbons (Fsp3) is 0.400. The summed E-state index contributed by atoms with van der Waals surface area (Å²) in [7, 11) is 1.44. The second kappa shape index (κ2) is 10.5. The normalized spacial score (nSPS) is 12.3. The van der Waals surface area contributed by atoms with Crippen LogP contribution in [0.4, 0.5) is 8.78 Å². The Kier molecular flexibility index (Phi) is 8.68. The van der Waals surface area contributed by atoms with Gasteiger partial charge in [0.2, 0.25) is 11.8 Å². The molecule has 6 heteroatoms. The standard InChI is InChI=1S/C20H26F2N2O2/c1-13(2)6-5-7-14(3)8-19(25)24-18(20(26)23-4)11-15-9-16(21)12-17(22)10-15/h6,8-10,12,18H,5,7,11H2,1-4H3,(H,23,26)(H,24,25)/b14-8+/t18-/m0/s1. The van der Waals surface area contributed by atoms with Gasteiger partial charge in [0.05, 0.1) is 0 Å². The van der Waals surface area contributed by atoms with Crippen molar-refractivity contribution in [1.82, 2.24) is 10.6 Å². The molecule has 0 aliphatic heterocycles. The molecule has 0 aliphatic carbocycles. The third kappa shape index (κ3) is 8.05. The van der Waals surface area contributed by atoms with Gasteiger partial charge < -0.3 is 10.6 Å². The number of carbonyl (C=O) groups excluding carboxylic acids is 2. The number of allylic oxidation sites excluding steroid dienone is 3. The lowest BCUT2D eigenvalue weighted by Crippen LogP contribution is -2.46. The van der Waals surface area contributed by atoms with E-state index in [1.54, 1.807) is 0 Å². The highest BCUT2D eigenvalue weighted by molar-refractivity contribution is 5.93. The van der Waals surface area contributed by atoms with Crippen LogP contribution in [-0.4, -0.2) is 24.9 Å². The Bertz CT molecular complexity index is 688. The van der Waals surface area contributed by atoms with E-state index < -0.39 is 29.5 Å². The van der Waals surface area contributed by atoms with Crippen LogP contribution in [0.2, 0.25) is 0 Å². The largest absolute Gasteiger partial charge is 0.357 e. The molecule has 0 aliphatic rings. The van der Waals surface area contributed by atoms with E-state index in [0.29, 0.717) is 5.56 Å². The first-order chi connectivity index (χ1) is 12.2. The zero-order valence-electron chi connectivity index (χ0n) is 15.7. The molecule has 0 saturated carbocycles. The highest BCUT2D eigenvalue weighted by Crippen LogP contribution is 2.11. The molecule has 0 aromatic heterocycles. The summed E-state index contributed by atoms with van der Waals surface area (Å²) in [5.74, 6) is -2.29. The van der Waals surface area contributed by atoms with Gasteiger partial charge >= 0.3 is 0 Å². The van der Waals surface area contributed by atoms with E-state index in [4.69, 9.17) is 0 Å². The van der Waals surface area contributed by atoms with Gasteiger partial charge in [0.1, 0.15) is 17.7 Å². The van der Waals surface area contributed by atoms with Crippen molar-refractivity contribution < 1.29 is 18.4 Å². The van der Waals surface area contributed by atoms with E-state index in [-0.39, 0.29) is 6.42 Å². The van der Waals surface area contributed by atoms with Crippen LogP contribution in [0, 0.1) is 11.6 Å². The van der Waals surface area contributed by atoms with Crippen molar-refractivity contribution in [3.05, 3.63) is 58.7 Å². The summed E-state index contributed by atoms with van der Waals surface area (Å²) >= 11 is 0. The van der Waals surface area contributed by atoms with Gasteiger partial charge in [-0.15, -0.1) is 0 Å². The molecule has 0 unspecified atom stereocenters. The van der Waals surface area contributed by atoms with Crippen LogP contribution in [0.3, 0.4) is 0 Å². The first-order valence-corrected chi connectivity index (χ1v) is 8.49. The van der Waals surface area contributed by atoms with E-state index in [1.807, 2.05) is 20.8 Å². The topological polar surface area (TPSA) is 58.2 Å². The summed E-state index contributed by atoms with van der Waals surface area (Å²) in [6.45, 7) is 5.86. The fourth-order valence-electron chi connectivity index (χ4n) is 2.45. The van der Waals surface area contributed by atoms with Crippen molar-refractivity contribution >= 4 is 11.8 Å². The van der Waals surface area contributed by atoms with Crippen LogP contribution in [0.5, 0.6) is 0 Å². The molecule has 2 amide bonds. The van der Waals surface area contributed by atoms with E-state index in [0.717, 1.165) is 36.6 Å². The molecule has 1 rings (SSSR count). The van der Waals surface area contributed by atoms with Crippen LogP contribution >= 0.6 is 0 Å². The van der Waals surface area contributed by atoms with E-state index >= 15 is 0 Å². The Morgan fingerprint density at radius 1 is 1.12 bits per heavy atom. The Balaban J connectivity index is 2.79. The molecule has 1 aromatic carbocycles. The smallest absolute Gasteiger partial charge is 0.244 e. The van der Waals surface area contributed by atoms with Gasteiger partial charge in [0, 0.05) is 25.6 Å². The maximum Gasteiger partial charge on any atom is 0.244 e. The van der Waals surface area contributed by atoms with Gasteiger partial charge in [0.15, 0.2) is 0 Å². The molecule has 1 atom stereocenters. The highest BCUT2D eigenvalue weighted by atomic mass is 19.1. The van der Waals surface area contributed by atoms with Crippen molar-refractivity contribution in [3.63, 3.8) is 0 Å². The molecule has 0 heterocycles. The monoisotopic (exact) mass is 364 g/mol. The Morgan fingerprint density at radius 3 is 2.27 bits per heavy atom. The molecule has 4 nitrogen and oxygen atoms in total. The zero-order valence-corrected chi connectivity index (χ0v) is 15.7. The minimum Gasteiger partial charge on any atom is -0.357 e. The molecule has 142 valence electrons. The van der Waals surface area contributed by atoms with Crippen molar-refractivity contribution in [2.24, 2.45) is 0 Å². The minimum absolute atomic E-state index is 0.00918. The number of nitrogens with one attached hydrogen (secondary N) is 2. The SMILES string of the molecule is CNC(=O)[C@H](Cc1cc(F)cc(F)c1)NC(=O)/C=C(\C)CCC=C(C)C. The van der Waals surface area contributed by atoms with E-state index in [9.17, 15) is 18.4 Å². The van der Waals surface area contributed by atoms with Gasteiger partial charge in [-0.2, -0.15) is 0 Å². The van der Waals surface area contributed by atoms with E-state index in [2.05, 4.69) is 16.7 Å². The summed E-state index contributed by atoms with van der Waals surface area (Å²) in [6.07, 6.45) is 5.09. The molecule has 2 N–H and O–H groups in total. The number of halogens is 2. The molecular weight excluding hydrogens is 338 g/mol. The average Bonchev–Trinajstić information content (AvgIpc) is 2.51. The third-order valence-corrected chi connectivity index (χ3v) is 3.71. The maximum atomic E-state index is 13.3. The van der Waals surface area contributed by atoms with Crippen LogP contribution < -0.4 is 10.6 Å². The van der Waals surface area contributed by atoms with Gasteiger partial charge in [0.25, 0.3) is 0 Å². The number of hydrogen-bond donors (Lipinski definition) is 2.